The molecule has 0 radical (unpaired) electrons. The van der Waals surface area contributed by atoms with Crippen LogP contribution in [0.5, 0.6) is 0 Å². The Morgan fingerprint density at radius 3 is 2.58 bits per heavy atom. The molecule has 3 aromatic carbocycles. The molecular weight excluding hydrogens is 386 g/mol. The Morgan fingerprint density at radius 2 is 1.71 bits per heavy atom. The van der Waals surface area contributed by atoms with Crippen LogP contribution in [0.3, 0.4) is 0 Å². The third-order valence-corrected chi connectivity index (χ3v) is 6.49. The van der Waals surface area contributed by atoms with Crippen LogP contribution in [-0.2, 0) is 29.1 Å². The maximum Gasteiger partial charge on any atom is 0.237 e. The molecule has 1 N–H and O–H groups in total. The number of hydrogen-bond acceptors (Lipinski definition) is 3. The predicted octanol–water partition coefficient (Wildman–Crippen LogP) is 3.12. The zero-order valence-electron chi connectivity index (χ0n) is 17.6. The molecule has 5 nitrogen and oxygen atoms in total. The second-order valence-electron chi connectivity index (χ2n) is 8.50. The summed E-state index contributed by atoms with van der Waals surface area (Å²) in [5.41, 5.74) is 3.70. The van der Waals surface area contributed by atoms with E-state index in [1.807, 2.05) is 29.2 Å². The Morgan fingerprint density at radius 1 is 0.935 bits per heavy atom. The third-order valence-electron chi connectivity index (χ3n) is 6.49. The lowest BCUT2D eigenvalue weighted by Crippen LogP contribution is -2.56. The lowest BCUT2D eigenvalue weighted by molar-refractivity contribution is -0.139. The molecule has 1 unspecified atom stereocenters. The molecular formula is C26H27N3O2. The van der Waals surface area contributed by atoms with Crippen molar-refractivity contribution in [3.8, 4) is 0 Å². The van der Waals surface area contributed by atoms with Crippen LogP contribution in [-0.4, -0.2) is 47.3 Å². The summed E-state index contributed by atoms with van der Waals surface area (Å²) < 4.78 is 0. The Kier molecular flexibility index (Phi) is 5.43. The quantitative estimate of drug-likeness (QED) is 0.715. The minimum atomic E-state index is -0.426. The number of nitrogens with one attached hydrogen (secondary N) is 1. The van der Waals surface area contributed by atoms with Crippen LogP contribution >= 0.6 is 0 Å². The van der Waals surface area contributed by atoms with Gasteiger partial charge in [0, 0.05) is 32.7 Å². The zero-order chi connectivity index (χ0) is 21.2. The summed E-state index contributed by atoms with van der Waals surface area (Å²) in [5.74, 6) is 0.0119. The van der Waals surface area contributed by atoms with Crippen LogP contribution in [0.15, 0.2) is 66.7 Å². The summed E-state index contributed by atoms with van der Waals surface area (Å²) >= 11 is 0. The molecule has 0 saturated carbocycles. The number of fused-ring (bicyclic) bond motifs is 2. The second kappa shape index (κ2) is 8.52. The fourth-order valence-electron chi connectivity index (χ4n) is 4.75. The number of carbonyl (C=O) groups excluding carboxylic acids is 2. The van der Waals surface area contributed by atoms with Crippen LogP contribution in [0, 0.1) is 0 Å². The van der Waals surface area contributed by atoms with Gasteiger partial charge in [-0.25, -0.2) is 0 Å². The van der Waals surface area contributed by atoms with E-state index < -0.39 is 6.04 Å². The molecule has 158 valence electrons. The van der Waals surface area contributed by atoms with E-state index in [4.69, 9.17) is 0 Å². The van der Waals surface area contributed by atoms with Crippen molar-refractivity contribution in [2.45, 2.75) is 32.0 Å². The van der Waals surface area contributed by atoms with E-state index in [0.717, 1.165) is 25.1 Å². The number of nitrogens with zero attached hydrogens (tertiary/aromatic N) is 2. The lowest BCUT2D eigenvalue weighted by atomic mass is 9.99. The highest BCUT2D eigenvalue weighted by Gasteiger charge is 2.33. The summed E-state index contributed by atoms with van der Waals surface area (Å²) in [5, 5.41) is 5.35. The molecule has 5 rings (SSSR count). The number of rotatable bonds is 4. The summed E-state index contributed by atoms with van der Waals surface area (Å²) in [6, 6.07) is 22.6. The van der Waals surface area contributed by atoms with Gasteiger partial charge in [-0.05, 0) is 39.9 Å². The molecule has 0 bridgehead atoms. The summed E-state index contributed by atoms with van der Waals surface area (Å²) in [6.45, 7) is 3.38. The molecule has 1 fully saturated rings. The predicted molar refractivity (Wildman–Crippen MR) is 121 cm³/mol. The first-order valence-corrected chi connectivity index (χ1v) is 11.0. The Bertz CT molecular complexity index is 1130. The SMILES string of the molecule is O=C1NCCN(Cc2ccc3ccccc3c2)C1CC(=O)N1CCc2ccccc2C1. The minimum Gasteiger partial charge on any atom is -0.353 e. The maximum absolute atomic E-state index is 13.1. The largest absolute Gasteiger partial charge is 0.353 e. The van der Waals surface area contributed by atoms with Crippen molar-refractivity contribution in [3.63, 3.8) is 0 Å². The van der Waals surface area contributed by atoms with Gasteiger partial charge in [-0.3, -0.25) is 14.5 Å². The monoisotopic (exact) mass is 413 g/mol. The number of amides is 2. The average molecular weight is 414 g/mol. The van der Waals surface area contributed by atoms with Crippen LogP contribution in [0.2, 0.25) is 0 Å². The third kappa shape index (κ3) is 4.19. The second-order valence-corrected chi connectivity index (χ2v) is 8.50. The van der Waals surface area contributed by atoms with Crippen LogP contribution in [0.25, 0.3) is 10.8 Å². The molecule has 2 aliphatic rings. The van der Waals surface area contributed by atoms with Crippen LogP contribution in [0.1, 0.15) is 23.1 Å². The molecule has 3 aromatic rings. The summed E-state index contributed by atoms with van der Waals surface area (Å²) in [4.78, 5) is 29.9. The minimum absolute atomic E-state index is 0.0437. The molecule has 5 heteroatoms. The highest BCUT2D eigenvalue weighted by molar-refractivity contribution is 5.89. The molecule has 2 heterocycles. The first-order valence-electron chi connectivity index (χ1n) is 11.0. The van der Waals surface area contributed by atoms with E-state index in [2.05, 4.69) is 52.7 Å². The maximum atomic E-state index is 13.1. The highest BCUT2D eigenvalue weighted by atomic mass is 16.2. The van der Waals surface area contributed by atoms with Crippen molar-refractivity contribution < 1.29 is 9.59 Å². The lowest BCUT2D eigenvalue weighted by Gasteiger charge is -2.36. The van der Waals surface area contributed by atoms with Gasteiger partial charge < -0.3 is 10.2 Å². The van der Waals surface area contributed by atoms with Crippen molar-refractivity contribution >= 4 is 22.6 Å². The van der Waals surface area contributed by atoms with Gasteiger partial charge in [0.05, 0.1) is 12.5 Å². The highest BCUT2D eigenvalue weighted by Crippen LogP contribution is 2.22. The molecule has 31 heavy (non-hydrogen) atoms. The van der Waals surface area contributed by atoms with Crippen molar-refractivity contribution in [1.29, 1.82) is 0 Å². The normalized spacial score (nSPS) is 19.2. The van der Waals surface area contributed by atoms with Gasteiger partial charge in [-0.1, -0.05) is 60.7 Å². The van der Waals surface area contributed by atoms with Gasteiger partial charge in [0.25, 0.3) is 0 Å². The van der Waals surface area contributed by atoms with Gasteiger partial charge in [-0.15, -0.1) is 0 Å². The molecule has 2 aliphatic heterocycles. The van der Waals surface area contributed by atoms with E-state index in [9.17, 15) is 9.59 Å². The summed E-state index contributed by atoms with van der Waals surface area (Å²) in [6.07, 6.45) is 1.10. The first-order chi connectivity index (χ1) is 15.2. The van der Waals surface area contributed by atoms with Crippen LogP contribution in [0.4, 0.5) is 0 Å². The van der Waals surface area contributed by atoms with E-state index in [0.29, 0.717) is 19.6 Å². The van der Waals surface area contributed by atoms with E-state index in [-0.39, 0.29) is 18.2 Å². The zero-order valence-corrected chi connectivity index (χ0v) is 17.6. The van der Waals surface area contributed by atoms with E-state index in [1.165, 1.54) is 21.9 Å². The van der Waals surface area contributed by atoms with Crippen molar-refractivity contribution in [3.05, 3.63) is 83.4 Å². The van der Waals surface area contributed by atoms with E-state index in [1.54, 1.807) is 0 Å². The first kappa shape index (κ1) is 19.8. The molecule has 0 aliphatic carbocycles. The molecule has 0 spiro atoms. The number of benzene rings is 3. The van der Waals surface area contributed by atoms with Gasteiger partial charge in [0.2, 0.25) is 11.8 Å². The van der Waals surface area contributed by atoms with Crippen molar-refractivity contribution in [2.75, 3.05) is 19.6 Å². The van der Waals surface area contributed by atoms with Gasteiger partial charge in [0.15, 0.2) is 0 Å². The topological polar surface area (TPSA) is 52.7 Å². The molecule has 2 amide bonds. The van der Waals surface area contributed by atoms with Crippen molar-refractivity contribution in [2.24, 2.45) is 0 Å². The van der Waals surface area contributed by atoms with Gasteiger partial charge >= 0.3 is 0 Å². The van der Waals surface area contributed by atoms with E-state index >= 15 is 0 Å². The van der Waals surface area contributed by atoms with Crippen molar-refractivity contribution in [1.82, 2.24) is 15.1 Å². The average Bonchev–Trinajstić information content (AvgIpc) is 2.81. The summed E-state index contributed by atoms with van der Waals surface area (Å²) in [7, 11) is 0. The molecule has 0 aromatic heterocycles. The molecule has 1 atom stereocenters. The van der Waals surface area contributed by atoms with Gasteiger partial charge in [0.1, 0.15) is 0 Å². The van der Waals surface area contributed by atoms with Crippen LogP contribution < -0.4 is 5.32 Å². The fourth-order valence-corrected chi connectivity index (χ4v) is 4.75. The number of piperazine rings is 1. The number of hydrogen-bond donors (Lipinski definition) is 1. The Balaban J connectivity index is 1.30. The Labute approximate surface area is 182 Å². The Hall–Kier alpha value is -3.18. The fraction of sp³-hybridized carbons (Fsp3) is 0.308. The smallest absolute Gasteiger partial charge is 0.237 e. The number of carbonyl (C=O) groups is 2. The molecule has 1 saturated heterocycles. The van der Waals surface area contributed by atoms with Gasteiger partial charge in [-0.2, -0.15) is 0 Å². The standard InChI is InChI=1S/C26H27N3O2/c30-25(29-13-11-21-6-2-4-8-23(21)18-29)16-24-26(31)27-12-14-28(24)17-19-9-10-20-5-1-3-7-22(20)15-19/h1-10,15,24H,11-14,16-18H2,(H,27,31).